The van der Waals surface area contributed by atoms with Crippen molar-refractivity contribution in [3.63, 3.8) is 0 Å². The van der Waals surface area contributed by atoms with Crippen LogP contribution in [0.4, 0.5) is 0 Å². The van der Waals surface area contributed by atoms with E-state index in [1.807, 2.05) is 18.2 Å². The van der Waals surface area contributed by atoms with E-state index >= 15 is 0 Å². The van der Waals surface area contributed by atoms with E-state index in [4.69, 9.17) is 0 Å². The maximum Gasteiger partial charge on any atom is 0.271 e. The van der Waals surface area contributed by atoms with E-state index in [1.165, 1.54) is 18.0 Å². The number of hydrogen-bond donors (Lipinski definition) is 1. The van der Waals surface area contributed by atoms with Crippen LogP contribution in [0.5, 0.6) is 0 Å². The Hall–Kier alpha value is -2.27. The molecule has 1 atom stereocenters. The Balaban J connectivity index is 2.09. The normalized spacial score (nSPS) is 12.1. The van der Waals surface area contributed by atoms with Crippen molar-refractivity contribution in [1.82, 2.24) is 20.2 Å². The number of carbonyl (C=O) groups excluding carboxylic acids is 1. The first kappa shape index (κ1) is 16.1. The molecule has 0 saturated heterocycles. The molecule has 2 rings (SSSR count). The first-order chi connectivity index (χ1) is 10.8. The van der Waals surface area contributed by atoms with Crippen molar-refractivity contribution in [2.75, 3.05) is 19.6 Å². The van der Waals surface area contributed by atoms with E-state index in [2.05, 4.69) is 46.2 Å². The molecule has 22 heavy (non-hydrogen) atoms. The summed E-state index contributed by atoms with van der Waals surface area (Å²) in [6, 6.07) is 10.4. The highest BCUT2D eigenvalue weighted by Crippen LogP contribution is 2.19. The number of hydrogen-bond acceptors (Lipinski definition) is 4. The molecule has 0 radical (unpaired) electrons. The molecular formula is C17H22N4O. The van der Waals surface area contributed by atoms with Crippen molar-refractivity contribution in [3.8, 4) is 0 Å². The van der Waals surface area contributed by atoms with Crippen LogP contribution in [0.3, 0.4) is 0 Å². The van der Waals surface area contributed by atoms with Gasteiger partial charge in [-0.15, -0.1) is 0 Å². The molecule has 0 aliphatic carbocycles. The zero-order chi connectivity index (χ0) is 15.8. The molecule has 1 heterocycles. The van der Waals surface area contributed by atoms with Crippen LogP contribution in [0.15, 0.2) is 48.9 Å². The van der Waals surface area contributed by atoms with Crippen LogP contribution in [0.1, 0.15) is 35.9 Å². The first-order valence-electron chi connectivity index (χ1n) is 7.59. The summed E-state index contributed by atoms with van der Waals surface area (Å²) in [5, 5.41) is 2.96. The minimum atomic E-state index is -0.193. The lowest BCUT2D eigenvalue weighted by Gasteiger charge is -2.30. The highest BCUT2D eigenvalue weighted by atomic mass is 16.1. The summed E-state index contributed by atoms with van der Waals surface area (Å²) in [6.45, 7) is 6.66. The van der Waals surface area contributed by atoms with Gasteiger partial charge in [0.15, 0.2) is 0 Å². The first-order valence-corrected chi connectivity index (χ1v) is 7.59. The minimum absolute atomic E-state index is 0.150. The number of amides is 1. The van der Waals surface area contributed by atoms with Crippen molar-refractivity contribution < 1.29 is 4.79 Å². The van der Waals surface area contributed by atoms with Crippen LogP contribution >= 0.6 is 0 Å². The zero-order valence-corrected chi connectivity index (χ0v) is 13.1. The van der Waals surface area contributed by atoms with Gasteiger partial charge in [0.1, 0.15) is 5.69 Å². The SMILES string of the molecule is CCN(CC)C(CNC(=O)c1cnccn1)c1ccccc1. The Labute approximate surface area is 131 Å². The molecule has 2 aromatic rings. The molecule has 1 unspecified atom stereocenters. The van der Waals surface area contributed by atoms with Gasteiger partial charge in [0, 0.05) is 18.9 Å². The molecule has 0 spiro atoms. The summed E-state index contributed by atoms with van der Waals surface area (Å²) < 4.78 is 0. The number of rotatable bonds is 7. The van der Waals surface area contributed by atoms with Crippen LogP contribution in [-0.2, 0) is 0 Å². The third-order valence-corrected chi connectivity index (χ3v) is 3.69. The maximum atomic E-state index is 12.1. The number of aromatic nitrogens is 2. The Morgan fingerprint density at radius 2 is 1.91 bits per heavy atom. The lowest BCUT2D eigenvalue weighted by molar-refractivity contribution is 0.0929. The van der Waals surface area contributed by atoms with Gasteiger partial charge in [-0.1, -0.05) is 44.2 Å². The van der Waals surface area contributed by atoms with Crippen LogP contribution in [0.25, 0.3) is 0 Å². The lowest BCUT2D eigenvalue weighted by atomic mass is 10.1. The fraction of sp³-hybridized carbons (Fsp3) is 0.353. The second-order valence-electron chi connectivity index (χ2n) is 4.95. The maximum absolute atomic E-state index is 12.1. The molecule has 0 fully saturated rings. The van der Waals surface area contributed by atoms with E-state index in [-0.39, 0.29) is 11.9 Å². The number of nitrogens with zero attached hydrogens (tertiary/aromatic N) is 3. The predicted octanol–water partition coefficient (Wildman–Crippen LogP) is 2.29. The summed E-state index contributed by atoms with van der Waals surface area (Å²) in [5.74, 6) is -0.193. The van der Waals surface area contributed by atoms with Crippen LogP contribution in [0.2, 0.25) is 0 Å². The van der Waals surface area contributed by atoms with E-state index in [1.54, 1.807) is 6.20 Å². The van der Waals surface area contributed by atoms with E-state index < -0.39 is 0 Å². The van der Waals surface area contributed by atoms with Gasteiger partial charge in [0.25, 0.3) is 5.91 Å². The van der Waals surface area contributed by atoms with E-state index in [9.17, 15) is 4.79 Å². The van der Waals surface area contributed by atoms with E-state index in [0.29, 0.717) is 12.2 Å². The van der Waals surface area contributed by atoms with Crippen molar-refractivity contribution >= 4 is 5.91 Å². The molecule has 1 aromatic carbocycles. The van der Waals surface area contributed by atoms with Gasteiger partial charge in [0.2, 0.25) is 0 Å². The summed E-state index contributed by atoms with van der Waals surface area (Å²) in [5.41, 5.74) is 1.54. The van der Waals surface area contributed by atoms with E-state index in [0.717, 1.165) is 13.1 Å². The molecule has 1 aromatic heterocycles. The van der Waals surface area contributed by atoms with Crippen molar-refractivity contribution in [2.45, 2.75) is 19.9 Å². The lowest BCUT2D eigenvalue weighted by Crippen LogP contribution is -2.38. The molecule has 5 nitrogen and oxygen atoms in total. The molecule has 0 aliphatic rings. The van der Waals surface area contributed by atoms with Gasteiger partial charge in [-0.05, 0) is 18.7 Å². The van der Waals surface area contributed by atoms with Crippen LogP contribution in [-0.4, -0.2) is 40.4 Å². The predicted molar refractivity (Wildman–Crippen MR) is 86.5 cm³/mol. The van der Waals surface area contributed by atoms with Gasteiger partial charge in [-0.2, -0.15) is 0 Å². The van der Waals surface area contributed by atoms with Crippen molar-refractivity contribution in [3.05, 3.63) is 60.2 Å². The van der Waals surface area contributed by atoms with Crippen LogP contribution < -0.4 is 5.32 Å². The van der Waals surface area contributed by atoms with Gasteiger partial charge in [-0.25, -0.2) is 4.98 Å². The molecule has 116 valence electrons. The van der Waals surface area contributed by atoms with Crippen LogP contribution in [0, 0.1) is 0 Å². The summed E-state index contributed by atoms with van der Waals surface area (Å²) in [4.78, 5) is 22.4. The summed E-state index contributed by atoms with van der Waals surface area (Å²) in [6.07, 6.45) is 4.55. The highest BCUT2D eigenvalue weighted by molar-refractivity contribution is 5.91. The largest absolute Gasteiger partial charge is 0.349 e. The Morgan fingerprint density at radius 1 is 1.18 bits per heavy atom. The standard InChI is InChI=1S/C17H22N4O/c1-3-21(4-2)16(14-8-6-5-7-9-14)13-20-17(22)15-12-18-10-11-19-15/h5-12,16H,3-4,13H2,1-2H3,(H,20,22). The Kier molecular flexibility index (Phi) is 6.03. The monoisotopic (exact) mass is 298 g/mol. The molecule has 1 N–H and O–H groups in total. The topological polar surface area (TPSA) is 58.1 Å². The number of benzene rings is 1. The molecule has 0 saturated carbocycles. The zero-order valence-electron chi connectivity index (χ0n) is 13.1. The molecular weight excluding hydrogens is 276 g/mol. The van der Waals surface area contributed by atoms with Gasteiger partial charge >= 0.3 is 0 Å². The average Bonchev–Trinajstić information content (AvgIpc) is 2.60. The quantitative estimate of drug-likeness (QED) is 0.852. The smallest absolute Gasteiger partial charge is 0.271 e. The molecule has 1 amide bonds. The number of likely N-dealkylation sites (N-methyl/N-ethyl adjacent to an activating group) is 1. The Morgan fingerprint density at radius 3 is 2.50 bits per heavy atom. The molecule has 5 heteroatoms. The molecule has 0 bridgehead atoms. The third kappa shape index (κ3) is 4.11. The third-order valence-electron chi connectivity index (χ3n) is 3.69. The average molecular weight is 298 g/mol. The van der Waals surface area contributed by atoms with Gasteiger partial charge in [0.05, 0.1) is 12.2 Å². The fourth-order valence-electron chi connectivity index (χ4n) is 2.49. The van der Waals surface area contributed by atoms with Crippen molar-refractivity contribution in [2.24, 2.45) is 0 Å². The fourth-order valence-corrected chi connectivity index (χ4v) is 2.49. The number of carbonyl (C=O) groups is 1. The molecule has 0 aliphatic heterocycles. The second kappa shape index (κ2) is 8.24. The van der Waals surface area contributed by atoms with Gasteiger partial charge < -0.3 is 5.32 Å². The highest BCUT2D eigenvalue weighted by Gasteiger charge is 2.19. The minimum Gasteiger partial charge on any atom is -0.349 e. The summed E-state index contributed by atoms with van der Waals surface area (Å²) >= 11 is 0. The summed E-state index contributed by atoms with van der Waals surface area (Å²) in [7, 11) is 0. The van der Waals surface area contributed by atoms with Crippen molar-refractivity contribution in [1.29, 1.82) is 0 Å². The van der Waals surface area contributed by atoms with Gasteiger partial charge in [-0.3, -0.25) is 14.7 Å². The number of nitrogens with one attached hydrogen (secondary N) is 1. The Bertz CT molecular complexity index is 570. The second-order valence-corrected chi connectivity index (χ2v) is 4.95.